The highest BCUT2D eigenvalue weighted by Crippen LogP contribution is 2.11. The predicted molar refractivity (Wildman–Crippen MR) is 86.6 cm³/mol. The van der Waals surface area contributed by atoms with Crippen LogP contribution in [-0.4, -0.2) is 49.3 Å². The van der Waals surface area contributed by atoms with Gasteiger partial charge in [-0.15, -0.1) is 0 Å². The highest BCUT2D eigenvalue weighted by atomic mass is 19.1. The van der Waals surface area contributed by atoms with E-state index in [1.54, 1.807) is 6.07 Å². The van der Waals surface area contributed by atoms with Crippen molar-refractivity contribution in [2.45, 2.75) is 0 Å². The molecule has 0 spiro atoms. The van der Waals surface area contributed by atoms with Crippen LogP contribution in [0, 0.1) is 5.82 Å². The van der Waals surface area contributed by atoms with Crippen molar-refractivity contribution in [2.24, 2.45) is 0 Å². The fraction of sp³-hybridized carbons (Fsp3) is 0.312. The van der Waals surface area contributed by atoms with Crippen LogP contribution in [0.3, 0.4) is 0 Å². The molecule has 2 aromatic rings. The van der Waals surface area contributed by atoms with Crippen molar-refractivity contribution in [3.8, 4) is 5.88 Å². The van der Waals surface area contributed by atoms with Crippen LogP contribution in [0.2, 0.25) is 0 Å². The van der Waals surface area contributed by atoms with E-state index in [-0.39, 0.29) is 11.6 Å². The zero-order valence-corrected chi connectivity index (χ0v) is 13.3. The first-order chi connectivity index (χ1) is 11.7. The lowest BCUT2D eigenvalue weighted by atomic mass is 10.3. The van der Waals surface area contributed by atoms with Crippen LogP contribution in [0.15, 0.2) is 36.7 Å². The summed E-state index contributed by atoms with van der Waals surface area (Å²) in [7, 11) is 1.43. The van der Waals surface area contributed by atoms with E-state index in [2.05, 4.69) is 20.6 Å². The number of anilines is 1. The number of ether oxygens (including phenoxy) is 2. The topological polar surface area (TPSA) is 85.4 Å². The second-order valence-corrected chi connectivity index (χ2v) is 4.77. The van der Waals surface area contributed by atoms with E-state index in [1.807, 2.05) is 0 Å². The number of rotatable bonds is 3. The quantitative estimate of drug-likeness (QED) is 0.884. The van der Waals surface area contributed by atoms with Gasteiger partial charge < -0.3 is 20.1 Å². The second kappa shape index (κ2) is 9.53. The fourth-order valence-electron chi connectivity index (χ4n) is 1.83. The van der Waals surface area contributed by atoms with Gasteiger partial charge in [0.05, 0.1) is 32.7 Å². The number of aromatic nitrogens is 2. The second-order valence-electron chi connectivity index (χ2n) is 4.77. The average Bonchev–Trinajstić information content (AvgIpc) is 2.64. The summed E-state index contributed by atoms with van der Waals surface area (Å²) in [6, 6.07) is 5.59. The van der Waals surface area contributed by atoms with Gasteiger partial charge in [-0.25, -0.2) is 9.37 Å². The molecule has 0 aliphatic carbocycles. The average molecular weight is 334 g/mol. The van der Waals surface area contributed by atoms with E-state index in [1.165, 1.54) is 37.7 Å². The van der Waals surface area contributed by atoms with Gasteiger partial charge in [0, 0.05) is 18.8 Å². The molecule has 0 bridgehead atoms. The Kier molecular flexibility index (Phi) is 7.06. The van der Waals surface area contributed by atoms with E-state index in [0.29, 0.717) is 5.69 Å². The Hall–Kier alpha value is -2.58. The summed E-state index contributed by atoms with van der Waals surface area (Å²) in [6.45, 7) is 3.83. The van der Waals surface area contributed by atoms with Crippen LogP contribution < -0.4 is 15.4 Å². The van der Waals surface area contributed by atoms with Gasteiger partial charge in [0.15, 0.2) is 5.69 Å². The highest BCUT2D eigenvalue weighted by molar-refractivity contribution is 6.02. The predicted octanol–water partition coefficient (Wildman–Crippen LogP) is 1.48. The summed E-state index contributed by atoms with van der Waals surface area (Å²) in [4.78, 5) is 19.5. The smallest absolute Gasteiger partial charge is 0.276 e. The van der Waals surface area contributed by atoms with Crippen LogP contribution in [0.25, 0.3) is 0 Å². The van der Waals surface area contributed by atoms with Crippen molar-refractivity contribution < 1.29 is 18.7 Å². The van der Waals surface area contributed by atoms with Gasteiger partial charge in [0.1, 0.15) is 5.82 Å². The zero-order chi connectivity index (χ0) is 17.2. The number of methoxy groups -OCH3 is 1. The molecule has 0 atom stereocenters. The lowest BCUT2D eigenvalue weighted by molar-refractivity contribution is 0.102. The number of nitrogens with one attached hydrogen (secondary N) is 2. The van der Waals surface area contributed by atoms with Crippen molar-refractivity contribution >= 4 is 11.6 Å². The molecule has 128 valence electrons. The molecule has 1 aliphatic heterocycles. The number of carbonyl (C=O) groups excluding carboxylic acids is 1. The van der Waals surface area contributed by atoms with Crippen molar-refractivity contribution in [1.29, 1.82) is 0 Å². The van der Waals surface area contributed by atoms with Crippen molar-refractivity contribution in [2.75, 3.05) is 38.7 Å². The van der Waals surface area contributed by atoms with E-state index in [4.69, 9.17) is 9.47 Å². The Morgan fingerprint density at radius 2 is 2.12 bits per heavy atom. The first-order valence-electron chi connectivity index (χ1n) is 7.40. The Labute approximate surface area is 139 Å². The van der Waals surface area contributed by atoms with E-state index < -0.39 is 11.7 Å². The molecule has 8 heteroatoms. The lowest BCUT2D eigenvalue weighted by Gasteiger charge is -2.10. The molecule has 1 amide bonds. The first-order valence-corrected chi connectivity index (χ1v) is 7.40. The molecule has 0 saturated carbocycles. The van der Waals surface area contributed by atoms with Gasteiger partial charge in [-0.3, -0.25) is 9.78 Å². The number of halogens is 1. The molecular formula is C16H19FN4O3. The number of hydrogen-bond acceptors (Lipinski definition) is 6. The van der Waals surface area contributed by atoms with Crippen molar-refractivity contribution in [3.05, 3.63) is 48.2 Å². The molecule has 2 N–H and O–H groups in total. The van der Waals surface area contributed by atoms with E-state index in [0.717, 1.165) is 26.3 Å². The van der Waals surface area contributed by atoms with Crippen LogP contribution >= 0.6 is 0 Å². The van der Waals surface area contributed by atoms with Crippen LogP contribution in [-0.2, 0) is 4.74 Å². The SMILES string of the molecule is C1COCCN1.COc1cncc(C(=O)Nc2cccc(F)c2)n1. The maximum Gasteiger partial charge on any atom is 0.276 e. The lowest BCUT2D eigenvalue weighted by Crippen LogP contribution is -2.30. The maximum atomic E-state index is 12.9. The summed E-state index contributed by atoms with van der Waals surface area (Å²) in [5, 5.41) is 5.67. The van der Waals surface area contributed by atoms with Gasteiger partial charge in [-0.1, -0.05) is 6.07 Å². The molecule has 1 aliphatic rings. The largest absolute Gasteiger partial charge is 0.480 e. The van der Waals surface area contributed by atoms with Crippen molar-refractivity contribution in [3.63, 3.8) is 0 Å². The summed E-state index contributed by atoms with van der Waals surface area (Å²) >= 11 is 0. The normalized spacial score (nSPS) is 13.4. The minimum Gasteiger partial charge on any atom is -0.480 e. The first kappa shape index (κ1) is 17.8. The third-order valence-corrected chi connectivity index (χ3v) is 2.98. The third-order valence-electron chi connectivity index (χ3n) is 2.98. The Morgan fingerprint density at radius 1 is 1.33 bits per heavy atom. The number of carbonyl (C=O) groups is 1. The number of amides is 1. The molecule has 3 rings (SSSR count). The van der Waals surface area contributed by atoms with E-state index in [9.17, 15) is 9.18 Å². The van der Waals surface area contributed by atoms with Crippen LogP contribution in [0.5, 0.6) is 5.88 Å². The van der Waals surface area contributed by atoms with Gasteiger partial charge in [-0.2, -0.15) is 0 Å². The zero-order valence-electron chi connectivity index (χ0n) is 13.3. The van der Waals surface area contributed by atoms with Gasteiger partial charge in [-0.05, 0) is 18.2 Å². The standard InChI is InChI=1S/C12H10FN3O2.C4H9NO/c1-18-11-7-14-6-10(16-11)12(17)15-9-4-2-3-8(13)5-9;1-3-6-4-2-5-1/h2-7H,1H3,(H,15,17);5H,1-4H2. The highest BCUT2D eigenvalue weighted by Gasteiger charge is 2.09. The third kappa shape index (κ3) is 5.90. The molecule has 2 heterocycles. The molecule has 1 fully saturated rings. The summed E-state index contributed by atoms with van der Waals surface area (Å²) < 4.78 is 22.8. The Morgan fingerprint density at radius 3 is 2.71 bits per heavy atom. The monoisotopic (exact) mass is 334 g/mol. The number of hydrogen-bond donors (Lipinski definition) is 2. The minimum atomic E-state index is -0.480. The van der Waals surface area contributed by atoms with E-state index >= 15 is 0 Å². The van der Waals surface area contributed by atoms with Crippen molar-refractivity contribution in [1.82, 2.24) is 15.3 Å². The van der Waals surface area contributed by atoms with Crippen LogP contribution in [0.4, 0.5) is 10.1 Å². The summed E-state index contributed by atoms with van der Waals surface area (Å²) in [5.74, 6) is -0.668. The molecular weight excluding hydrogens is 315 g/mol. The molecule has 24 heavy (non-hydrogen) atoms. The molecule has 0 unspecified atom stereocenters. The summed E-state index contributed by atoms with van der Waals surface area (Å²) in [5.41, 5.74) is 0.447. The maximum absolute atomic E-state index is 12.9. The Balaban J connectivity index is 0.000000292. The minimum absolute atomic E-state index is 0.0959. The van der Waals surface area contributed by atoms with Gasteiger partial charge in [0.25, 0.3) is 5.91 Å². The number of benzene rings is 1. The van der Waals surface area contributed by atoms with Crippen LogP contribution in [0.1, 0.15) is 10.5 Å². The molecule has 1 aromatic carbocycles. The number of morpholine rings is 1. The summed E-state index contributed by atoms with van der Waals surface area (Å²) in [6.07, 6.45) is 2.69. The number of nitrogens with zero attached hydrogens (tertiary/aromatic N) is 2. The molecule has 1 saturated heterocycles. The van der Waals surface area contributed by atoms with Gasteiger partial charge in [0.2, 0.25) is 5.88 Å². The molecule has 7 nitrogen and oxygen atoms in total. The fourth-order valence-corrected chi connectivity index (χ4v) is 1.83. The Bertz CT molecular complexity index is 654. The molecule has 0 radical (unpaired) electrons. The molecule has 1 aromatic heterocycles. The van der Waals surface area contributed by atoms with Gasteiger partial charge >= 0.3 is 0 Å².